The van der Waals surface area contributed by atoms with Gasteiger partial charge in [0.25, 0.3) is 0 Å². The van der Waals surface area contributed by atoms with Crippen molar-refractivity contribution in [3.8, 4) is 0 Å². The van der Waals surface area contributed by atoms with Gasteiger partial charge in [0, 0.05) is 12.6 Å². The first-order chi connectivity index (χ1) is 13.5. The summed E-state index contributed by atoms with van der Waals surface area (Å²) in [5, 5.41) is 17.7. The molecule has 0 spiro atoms. The molecule has 3 atom stereocenters. The maximum Gasteiger partial charge on any atom is 0.416 e. The van der Waals surface area contributed by atoms with E-state index < -0.39 is 77.5 Å². The van der Waals surface area contributed by atoms with Crippen LogP contribution in [0.5, 0.6) is 0 Å². The van der Waals surface area contributed by atoms with Crippen molar-refractivity contribution < 1.29 is 50.8 Å². The molecule has 9 nitrogen and oxygen atoms in total. The minimum Gasteiger partial charge on any atom is -0.481 e. The Bertz CT molecular complexity index is 935. The van der Waals surface area contributed by atoms with Gasteiger partial charge >= 0.3 is 18.1 Å². The van der Waals surface area contributed by atoms with Crippen LogP contribution in [0.4, 0.5) is 13.2 Å². The SMILES string of the molecule is C[C@@H](NS(=O)(=O)Cc1cccc(C(F)(F)F)c1)P(=O)(O)C[C@H](CCC(=O)O)C(=O)O. The molecular formula is C16H21F3NO8PS. The van der Waals surface area contributed by atoms with Crippen LogP contribution in [-0.4, -0.2) is 47.4 Å². The zero-order valence-electron chi connectivity index (χ0n) is 15.7. The van der Waals surface area contributed by atoms with Crippen LogP contribution in [0.1, 0.15) is 30.9 Å². The Labute approximate surface area is 170 Å². The van der Waals surface area contributed by atoms with Crippen LogP contribution in [0, 0.1) is 5.92 Å². The van der Waals surface area contributed by atoms with E-state index in [1.54, 1.807) is 0 Å². The molecule has 30 heavy (non-hydrogen) atoms. The van der Waals surface area contributed by atoms with Gasteiger partial charge in [-0.25, -0.2) is 13.1 Å². The Kier molecular flexibility index (Phi) is 8.61. The van der Waals surface area contributed by atoms with Gasteiger partial charge in [-0.1, -0.05) is 18.2 Å². The number of rotatable bonds is 11. The summed E-state index contributed by atoms with van der Waals surface area (Å²) in [5.74, 6) is -6.84. The molecule has 0 saturated carbocycles. The molecule has 0 aliphatic heterocycles. The summed E-state index contributed by atoms with van der Waals surface area (Å²) < 4.78 is 77.0. The molecule has 14 heteroatoms. The summed E-state index contributed by atoms with van der Waals surface area (Å²) in [6, 6.07) is 3.56. The van der Waals surface area contributed by atoms with Crippen LogP contribution in [0.15, 0.2) is 24.3 Å². The van der Waals surface area contributed by atoms with Crippen LogP contribution in [-0.2, 0) is 36.1 Å². The number of hydrogen-bond acceptors (Lipinski definition) is 5. The second-order valence-corrected chi connectivity index (χ2v) is 11.1. The first kappa shape index (κ1) is 26.1. The van der Waals surface area contributed by atoms with Crippen molar-refractivity contribution in [3.63, 3.8) is 0 Å². The normalized spacial score (nSPS) is 16.4. The Hall–Kier alpha value is -1.95. The van der Waals surface area contributed by atoms with Crippen molar-refractivity contribution in [2.75, 3.05) is 6.16 Å². The first-order valence-corrected chi connectivity index (χ1v) is 12.0. The van der Waals surface area contributed by atoms with Gasteiger partial charge in [-0.15, -0.1) is 0 Å². The van der Waals surface area contributed by atoms with E-state index in [0.29, 0.717) is 6.07 Å². The predicted molar refractivity (Wildman–Crippen MR) is 99.4 cm³/mol. The molecule has 4 N–H and O–H groups in total. The van der Waals surface area contributed by atoms with Crippen LogP contribution >= 0.6 is 7.37 Å². The summed E-state index contributed by atoms with van der Waals surface area (Å²) in [6.07, 6.45) is -6.54. The quantitative estimate of drug-likeness (QED) is 0.355. The monoisotopic (exact) mass is 475 g/mol. The van der Waals surface area contributed by atoms with Crippen molar-refractivity contribution >= 4 is 29.3 Å². The van der Waals surface area contributed by atoms with Crippen LogP contribution in [0.3, 0.4) is 0 Å². The molecule has 0 saturated heterocycles. The van der Waals surface area contributed by atoms with Gasteiger partial charge in [0.1, 0.15) is 0 Å². The number of alkyl halides is 3. The third-order valence-corrected chi connectivity index (χ3v) is 8.01. The van der Waals surface area contributed by atoms with Crippen molar-refractivity contribution in [1.82, 2.24) is 4.72 Å². The highest BCUT2D eigenvalue weighted by Crippen LogP contribution is 2.47. The highest BCUT2D eigenvalue weighted by atomic mass is 32.2. The molecule has 1 unspecified atom stereocenters. The van der Waals surface area contributed by atoms with Crippen LogP contribution in [0.2, 0.25) is 0 Å². The maximum atomic E-state index is 12.7. The topological polar surface area (TPSA) is 158 Å². The predicted octanol–water partition coefficient (Wildman–Crippen LogP) is 2.31. The largest absolute Gasteiger partial charge is 0.481 e. The van der Waals surface area contributed by atoms with E-state index in [1.165, 1.54) is 0 Å². The number of nitrogens with one attached hydrogen (secondary N) is 1. The van der Waals surface area contributed by atoms with Crippen LogP contribution < -0.4 is 4.72 Å². The summed E-state index contributed by atoms with van der Waals surface area (Å²) in [4.78, 5) is 31.9. The molecule has 0 fully saturated rings. The minimum atomic E-state index is -4.68. The zero-order valence-corrected chi connectivity index (χ0v) is 17.4. The fraction of sp³-hybridized carbons (Fsp3) is 0.500. The van der Waals surface area contributed by atoms with Gasteiger partial charge in [-0.2, -0.15) is 13.2 Å². The fourth-order valence-corrected chi connectivity index (χ4v) is 6.15. The molecule has 0 radical (unpaired) electrons. The minimum absolute atomic E-state index is 0.206. The third-order valence-electron chi connectivity index (χ3n) is 4.10. The lowest BCUT2D eigenvalue weighted by molar-refractivity contribution is -0.142. The molecule has 0 bridgehead atoms. The molecule has 0 aliphatic carbocycles. The summed E-state index contributed by atoms with van der Waals surface area (Å²) >= 11 is 0. The van der Waals surface area contributed by atoms with E-state index in [1.807, 2.05) is 4.72 Å². The highest BCUT2D eigenvalue weighted by Gasteiger charge is 2.36. The molecule has 0 amide bonds. The highest BCUT2D eigenvalue weighted by molar-refractivity contribution is 7.89. The second-order valence-electron chi connectivity index (χ2n) is 6.66. The van der Waals surface area contributed by atoms with Crippen molar-refractivity contribution in [1.29, 1.82) is 0 Å². The second kappa shape index (κ2) is 9.90. The molecule has 1 rings (SSSR count). The molecule has 0 heterocycles. The number of aliphatic carboxylic acids is 2. The number of sulfonamides is 1. The van der Waals surface area contributed by atoms with Gasteiger partial charge < -0.3 is 15.1 Å². The Morgan fingerprint density at radius 2 is 1.83 bits per heavy atom. The lowest BCUT2D eigenvalue weighted by Gasteiger charge is -2.23. The van der Waals surface area contributed by atoms with E-state index in [9.17, 15) is 40.6 Å². The van der Waals surface area contributed by atoms with Gasteiger partial charge in [0.2, 0.25) is 17.4 Å². The number of hydrogen-bond donors (Lipinski definition) is 4. The smallest absolute Gasteiger partial charge is 0.416 e. The molecule has 0 aromatic heterocycles. The Morgan fingerprint density at radius 3 is 2.33 bits per heavy atom. The maximum absolute atomic E-state index is 12.7. The number of carboxylic acid groups (broad SMARTS) is 2. The van der Waals surface area contributed by atoms with Crippen molar-refractivity contribution in [3.05, 3.63) is 35.4 Å². The van der Waals surface area contributed by atoms with Gasteiger partial charge in [0.15, 0.2) is 0 Å². The number of carbonyl (C=O) groups is 2. The Balaban J connectivity index is 2.90. The lowest BCUT2D eigenvalue weighted by atomic mass is 10.1. The third kappa shape index (κ3) is 8.42. The van der Waals surface area contributed by atoms with E-state index >= 15 is 0 Å². The molecule has 170 valence electrons. The van der Waals surface area contributed by atoms with E-state index in [2.05, 4.69) is 0 Å². The van der Waals surface area contributed by atoms with E-state index in [0.717, 1.165) is 25.1 Å². The zero-order chi connectivity index (χ0) is 23.3. The number of benzene rings is 1. The van der Waals surface area contributed by atoms with Gasteiger partial charge in [-0.3, -0.25) is 14.2 Å². The first-order valence-electron chi connectivity index (χ1n) is 8.46. The molecule has 1 aromatic rings. The summed E-state index contributed by atoms with van der Waals surface area (Å²) in [5.41, 5.74) is -1.26. The fourth-order valence-electron chi connectivity index (χ4n) is 2.51. The number of halogens is 3. The average molecular weight is 475 g/mol. The summed E-state index contributed by atoms with van der Waals surface area (Å²) in [6.45, 7) is 1.01. The van der Waals surface area contributed by atoms with E-state index in [-0.39, 0.29) is 5.56 Å². The molecule has 1 aromatic carbocycles. The average Bonchev–Trinajstić information content (AvgIpc) is 2.56. The van der Waals surface area contributed by atoms with E-state index in [4.69, 9.17) is 10.2 Å². The standard InChI is InChI=1S/C16H21F3NO8PS/c1-10(29(25,26)8-12(15(23)24)5-6-14(21)22)20-30(27,28)9-11-3-2-4-13(7-11)16(17,18)19/h2-4,7,10,12,20H,5-6,8-9H2,1H3,(H,21,22)(H,23,24)(H,25,26)/t10-,12-/m0/s1. The Morgan fingerprint density at radius 1 is 1.23 bits per heavy atom. The van der Waals surface area contributed by atoms with Crippen molar-refractivity contribution in [2.24, 2.45) is 5.92 Å². The summed E-state index contributed by atoms with van der Waals surface area (Å²) in [7, 11) is -8.79. The van der Waals surface area contributed by atoms with Crippen LogP contribution in [0.25, 0.3) is 0 Å². The van der Waals surface area contributed by atoms with Crippen molar-refractivity contribution in [2.45, 2.75) is 37.5 Å². The lowest BCUT2D eigenvalue weighted by Crippen LogP contribution is -2.35. The molecular weight excluding hydrogens is 454 g/mol. The van der Waals surface area contributed by atoms with Gasteiger partial charge in [-0.05, 0) is 25.0 Å². The van der Waals surface area contributed by atoms with Gasteiger partial charge in [0.05, 0.1) is 23.0 Å². The number of carboxylic acids is 2. The molecule has 0 aliphatic rings.